The molecule has 2 amide bonds. The zero-order valence-corrected chi connectivity index (χ0v) is 20.5. The number of carbonyl (C=O) groups is 2. The molecule has 1 aliphatic heterocycles. The van der Waals surface area contributed by atoms with Gasteiger partial charge in [-0.1, -0.05) is 17.8 Å². The third-order valence-corrected chi connectivity index (χ3v) is 9.29. The zero-order valence-electron chi connectivity index (χ0n) is 18.1. The van der Waals surface area contributed by atoms with Gasteiger partial charge in [0.2, 0.25) is 21.8 Å². The van der Waals surface area contributed by atoms with Crippen LogP contribution in [-0.2, 0) is 30.8 Å². The standard InChI is InChI=1S/C20H26N4O5S3/c1-12-4-5-15(10-17(12)32(27,28)24-6-8-29-9-7-24)23-19(26)14(3)30-20-22-13(2)16(31-20)11-18(21)25/h4-5,10,14H,6-9,11H2,1-3H3,(H2,21,25)(H,23,26). The molecule has 32 heavy (non-hydrogen) atoms. The van der Waals surface area contributed by atoms with Crippen LogP contribution in [0.1, 0.15) is 23.1 Å². The van der Waals surface area contributed by atoms with E-state index < -0.39 is 21.2 Å². The van der Waals surface area contributed by atoms with Crippen LogP contribution in [0.3, 0.4) is 0 Å². The van der Waals surface area contributed by atoms with Gasteiger partial charge in [0.1, 0.15) is 0 Å². The smallest absolute Gasteiger partial charge is 0.243 e. The first-order valence-corrected chi connectivity index (χ1v) is 13.1. The van der Waals surface area contributed by atoms with Gasteiger partial charge in [0, 0.05) is 23.7 Å². The van der Waals surface area contributed by atoms with Gasteiger partial charge in [0.15, 0.2) is 4.34 Å². The Bertz CT molecular complexity index is 1110. The molecule has 3 rings (SSSR count). The number of hydrogen-bond donors (Lipinski definition) is 2. The summed E-state index contributed by atoms with van der Waals surface area (Å²) in [5.74, 6) is -0.709. The number of anilines is 1. The van der Waals surface area contributed by atoms with Crippen molar-refractivity contribution in [2.24, 2.45) is 5.73 Å². The Kier molecular flexibility index (Phi) is 7.93. The molecular weight excluding hydrogens is 472 g/mol. The molecule has 1 unspecified atom stereocenters. The normalized spacial score (nSPS) is 16.0. The number of rotatable bonds is 8. The van der Waals surface area contributed by atoms with Gasteiger partial charge in [-0.15, -0.1) is 11.3 Å². The van der Waals surface area contributed by atoms with Crippen LogP contribution in [0.15, 0.2) is 27.4 Å². The highest BCUT2D eigenvalue weighted by Gasteiger charge is 2.28. The van der Waals surface area contributed by atoms with E-state index in [1.54, 1.807) is 32.9 Å². The Balaban J connectivity index is 1.71. The number of sulfonamides is 1. The monoisotopic (exact) mass is 498 g/mol. The summed E-state index contributed by atoms with van der Waals surface area (Å²) in [6.45, 7) is 6.60. The largest absolute Gasteiger partial charge is 0.379 e. The minimum atomic E-state index is -3.68. The molecule has 12 heteroatoms. The highest BCUT2D eigenvalue weighted by molar-refractivity contribution is 8.02. The summed E-state index contributed by atoms with van der Waals surface area (Å²) in [5, 5.41) is 2.31. The molecule has 2 heterocycles. The third kappa shape index (κ3) is 5.87. The summed E-state index contributed by atoms with van der Waals surface area (Å²) in [6.07, 6.45) is 0.119. The van der Waals surface area contributed by atoms with Crippen LogP contribution < -0.4 is 11.1 Å². The number of nitrogens with two attached hydrogens (primary N) is 1. The molecule has 0 aliphatic carbocycles. The van der Waals surface area contributed by atoms with E-state index >= 15 is 0 Å². The van der Waals surface area contributed by atoms with Crippen molar-refractivity contribution in [3.8, 4) is 0 Å². The van der Waals surface area contributed by atoms with E-state index in [2.05, 4.69) is 10.3 Å². The predicted molar refractivity (Wildman–Crippen MR) is 124 cm³/mol. The summed E-state index contributed by atoms with van der Waals surface area (Å²) in [5.41, 5.74) is 6.99. The van der Waals surface area contributed by atoms with E-state index in [1.807, 2.05) is 0 Å². The van der Waals surface area contributed by atoms with Gasteiger partial charge in [0.25, 0.3) is 0 Å². The molecule has 1 atom stereocenters. The van der Waals surface area contributed by atoms with E-state index in [9.17, 15) is 18.0 Å². The fraction of sp³-hybridized carbons (Fsp3) is 0.450. The molecule has 1 aromatic heterocycles. The Morgan fingerprint density at radius 3 is 2.66 bits per heavy atom. The maximum atomic E-state index is 13.0. The fourth-order valence-electron chi connectivity index (χ4n) is 3.10. The molecular formula is C20H26N4O5S3. The summed E-state index contributed by atoms with van der Waals surface area (Å²) in [4.78, 5) is 29.2. The Morgan fingerprint density at radius 2 is 2.00 bits per heavy atom. The quantitative estimate of drug-likeness (QED) is 0.532. The number of amides is 2. The molecule has 1 saturated heterocycles. The Morgan fingerprint density at radius 1 is 1.31 bits per heavy atom. The zero-order chi connectivity index (χ0) is 23.5. The number of nitrogens with one attached hydrogen (secondary N) is 1. The van der Waals surface area contributed by atoms with Crippen molar-refractivity contribution in [3.05, 3.63) is 34.3 Å². The predicted octanol–water partition coefficient (Wildman–Crippen LogP) is 1.93. The number of aryl methyl sites for hydroxylation is 2. The summed E-state index contributed by atoms with van der Waals surface area (Å²) >= 11 is 2.61. The second kappa shape index (κ2) is 10.3. The molecule has 0 radical (unpaired) electrons. The van der Waals surface area contributed by atoms with E-state index in [0.29, 0.717) is 41.9 Å². The number of hydrogen-bond acceptors (Lipinski definition) is 8. The number of primary amides is 1. The van der Waals surface area contributed by atoms with Crippen molar-refractivity contribution in [1.29, 1.82) is 0 Å². The van der Waals surface area contributed by atoms with Gasteiger partial charge < -0.3 is 15.8 Å². The number of ether oxygens (including phenoxy) is 1. The average molecular weight is 499 g/mol. The van der Waals surface area contributed by atoms with Crippen molar-refractivity contribution < 1.29 is 22.7 Å². The fourth-order valence-corrected chi connectivity index (χ4v) is 7.15. The number of morpholine rings is 1. The van der Waals surface area contributed by atoms with Crippen LogP contribution in [-0.4, -0.2) is 61.1 Å². The van der Waals surface area contributed by atoms with Gasteiger partial charge in [-0.05, 0) is 38.5 Å². The molecule has 0 saturated carbocycles. The van der Waals surface area contributed by atoms with Gasteiger partial charge in [0.05, 0.1) is 35.5 Å². The van der Waals surface area contributed by atoms with Gasteiger partial charge in [-0.3, -0.25) is 9.59 Å². The van der Waals surface area contributed by atoms with Crippen LogP contribution in [0.2, 0.25) is 0 Å². The highest BCUT2D eigenvalue weighted by atomic mass is 32.2. The summed E-state index contributed by atoms with van der Waals surface area (Å²) in [6, 6.07) is 4.86. The minimum absolute atomic E-state index is 0.119. The Labute approximate surface area is 195 Å². The van der Waals surface area contributed by atoms with Crippen LogP contribution in [0.25, 0.3) is 0 Å². The third-order valence-electron chi connectivity index (χ3n) is 4.90. The van der Waals surface area contributed by atoms with Crippen molar-refractivity contribution >= 4 is 50.6 Å². The lowest BCUT2D eigenvalue weighted by atomic mass is 10.2. The average Bonchev–Trinajstić information content (AvgIpc) is 3.07. The van der Waals surface area contributed by atoms with Gasteiger partial charge in [-0.2, -0.15) is 4.31 Å². The number of nitrogens with zero attached hydrogens (tertiary/aromatic N) is 2. The molecule has 1 aromatic carbocycles. The topological polar surface area (TPSA) is 132 Å². The molecule has 1 aliphatic rings. The highest BCUT2D eigenvalue weighted by Crippen LogP contribution is 2.31. The first-order valence-electron chi connectivity index (χ1n) is 9.98. The molecule has 3 N–H and O–H groups in total. The lowest BCUT2D eigenvalue weighted by Gasteiger charge is -2.27. The second-order valence-corrected chi connectivity index (χ2v) is 12.0. The maximum Gasteiger partial charge on any atom is 0.243 e. The van der Waals surface area contributed by atoms with Crippen molar-refractivity contribution in [3.63, 3.8) is 0 Å². The first-order chi connectivity index (χ1) is 15.1. The maximum absolute atomic E-state index is 13.0. The van der Waals surface area contributed by atoms with Gasteiger partial charge >= 0.3 is 0 Å². The van der Waals surface area contributed by atoms with E-state index in [4.69, 9.17) is 10.5 Å². The van der Waals surface area contributed by atoms with Crippen LogP contribution in [0, 0.1) is 13.8 Å². The lowest BCUT2D eigenvalue weighted by molar-refractivity contribution is -0.117. The molecule has 0 bridgehead atoms. The number of thioether (sulfide) groups is 1. The number of carbonyl (C=O) groups excluding carboxylic acids is 2. The molecule has 9 nitrogen and oxygen atoms in total. The molecule has 2 aromatic rings. The molecule has 1 fully saturated rings. The second-order valence-electron chi connectivity index (χ2n) is 7.38. The molecule has 174 valence electrons. The Hall–Kier alpha value is -1.99. The van der Waals surface area contributed by atoms with Crippen LogP contribution in [0.4, 0.5) is 5.69 Å². The van der Waals surface area contributed by atoms with E-state index in [-0.39, 0.29) is 17.2 Å². The minimum Gasteiger partial charge on any atom is -0.379 e. The van der Waals surface area contributed by atoms with Crippen molar-refractivity contribution in [2.75, 3.05) is 31.6 Å². The molecule has 0 spiro atoms. The summed E-state index contributed by atoms with van der Waals surface area (Å²) < 4.78 is 33.4. The number of aromatic nitrogens is 1. The van der Waals surface area contributed by atoms with Crippen LogP contribution >= 0.6 is 23.1 Å². The first kappa shape index (κ1) is 24.6. The summed E-state index contributed by atoms with van der Waals surface area (Å²) in [7, 11) is -3.68. The number of benzene rings is 1. The van der Waals surface area contributed by atoms with Crippen molar-refractivity contribution in [2.45, 2.75) is 41.7 Å². The SMILES string of the molecule is Cc1ccc(NC(=O)C(C)Sc2nc(C)c(CC(N)=O)s2)cc1S(=O)(=O)N1CCOCC1. The van der Waals surface area contributed by atoms with E-state index in [1.165, 1.54) is 33.5 Å². The lowest BCUT2D eigenvalue weighted by Crippen LogP contribution is -2.40. The van der Waals surface area contributed by atoms with Crippen LogP contribution in [0.5, 0.6) is 0 Å². The number of thiazole rings is 1. The van der Waals surface area contributed by atoms with Crippen molar-refractivity contribution in [1.82, 2.24) is 9.29 Å². The van der Waals surface area contributed by atoms with E-state index in [0.717, 1.165) is 10.6 Å². The van der Waals surface area contributed by atoms with Gasteiger partial charge in [-0.25, -0.2) is 13.4 Å².